The van der Waals surface area contributed by atoms with Crippen molar-refractivity contribution in [3.63, 3.8) is 0 Å². The molecule has 0 spiro atoms. The van der Waals surface area contributed by atoms with Gasteiger partial charge in [-0.25, -0.2) is 0 Å². The minimum absolute atomic E-state index is 0. The van der Waals surface area contributed by atoms with Crippen molar-refractivity contribution >= 4 is 28.3 Å². The molecule has 1 fully saturated rings. The van der Waals surface area contributed by atoms with Crippen LogP contribution in [0.5, 0.6) is 0 Å². The van der Waals surface area contributed by atoms with Crippen molar-refractivity contribution in [2.45, 2.75) is 12.0 Å². The van der Waals surface area contributed by atoms with E-state index in [1.54, 1.807) is 0 Å². The molecule has 0 aromatic heterocycles. The normalized spacial score (nSPS) is 17.7. The van der Waals surface area contributed by atoms with Crippen molar-refractivity contribution in [3.8, 4) is 11.1 Å². The molecule has 4 heteroatoms. The molecule has 0 amide bonds. The summed E-state index contributed by atoms with van der Waals surface area (Å²) >= 11 is 3.55. The summed E-state index contributed by atoms with van der Waals surface area (Å²) in [6, 6.07) is 13.3. The highest BCUT2D eigenvalue weighted by Crippen LogP contribution is 2.39. The highest BCUT2D eigenvalue weighted by atomic mass is 79.9. The molecule has 1 heterocycles. The van der Waals surface area contributed by atoms with Crippen LogP contribution < -0.4 is 11.1 Å². The second-order valence-electron chi connectivity index (χ2n) is 5.61. The molecule has 2 nitrogen and oxygen atoms in total. The number of nitrogens with two attached hydrogens (primary N) is 1. The van der Waals surface area contributed by atoms with E-state index in [0.717, 1.165) is 24.0 Å². The Labute approximate surface area is 133 Å². The number of hydrogen-bond donors (Lipinski definition) is 2. The third-order valence-electron chi connectivity index (χ3n) is 4.30. The second-order valence-corrected chi connectivity index (χ2v) is 6.53. The molecule has 1 aliphatic carbocycles. The minimum Gasteiger partial charge on any atom is -0.319 e. The van der Waals surface area contributed by atoms with Crippen LogP contribution in [0.4, 0.5) is 0 Å². The van der Waals surface area contributed by atoms with E-state index in [-0.39, 0.29) is 17.9 Å². The number of halogens is 2. The van der Waals surface area contributed by atoms with Crippen LogP contribution >= 0.6 is 28.3 Å². The summed E-state index contributed by atoms with van der Waals surface area (Å²) in [6.07, 6.45) is 1.02. The maximum atomic E-state index is 6.38. The molecule has 0 radical (unpaired) electrons. The molecule has 0 bridgehead atoms. The molecule has 1 saturated heterocycles. The predicted octanol–water partition coefficient (Wildman–Crippen LogP) is 3.20. The summed E-state index contributed by atoms with van der Waals surface area (Å²) < 4.78 is 1.15. The van der Waals surface area contributed by atoms with Crippen molar-refractivity contribution in [2.24, 2.45) is 5.73 Å². The van der Waals surface area contributed by atoms with Gasteiger partial charge in [-0.15, -0.1) is 12.4 Å². The molecule has 0 atom stereocenters. The van der Waals surface area contributed by atoms with Crippen LogP contribution in [0.2, 0.25) is 0 Å². The lowest BCUT2D eigenvalue weighted by molar-refractivity contribution is 0.287. The van der Waals surface area contributed by atoms with Crippen LogP contribution in [0.25, 0.3) is 11.1 Å². The Morgan fingerprint density at radius 3 is 2.30 bits per heavy atom. The van der Waals surface area contributed by atoms with Gasteiger partial charge in [-0.3, -0.25) is 0 Å². The lowest BCUT2D eigenvalue weighted by Gasteiger charge is -2.39. The number of hydrogen-bond acceptors (Lipinski definition) is 2. The summed E-state index contributed by atoms with van der Waals surface area (Å²) in [7, 11) is 0. The van der Waals surface area contributed by atoms with E-state index in [1.165, 1.54) is 27.8 Å². The Morgan fingerprint density at radius 1 is 1.00 bits per heavy atom. The highest BCUT2D eigenvalue weighted by molar-refractivity contribution is 9.10. The molecular formula is C16H16BrClN2. The third kappa shape index (κ3) is 2.01. The number of rotatable bonds is 1. The maximum absolute atomic E-state index is 6.38. The van der Waals surface area contributed by atoms with Gasteiger partial charge in [0.25, 0.3) is 0 Å². The monoisotopic (exact) mass is 350 g/mol. The lowest BCUT2D eigenvalue weighted by atomic mass is 9.84. The molecule has 0 saturated carbocycles. The molecule has 1 aliphatic heterocycles. The molecule has 2 aromatic carbocycles. The molecule has 20 heavy (non-hydrogen) atoms. The van der Waals surface area contributed by atoms with Gasteiger partial charge in [0.05, 0.1) is 5.54 Å². The third-order valence-corrected chi connectivity index (χ3v) is 4.79. The fourth-order valence-corrected chi connectivity index (χ4v) is 3.50. The molecular weight excluding hydrogens is 336 g/mol. The predicted molar refractivity (Wildman–Crippen MR) is 88.4 cm³/mol. The van der Waals surface area contributed by atoms with Crippen molar-refractivity contribution < 1.29 is 0 Å². The fourth-order valence-electron chi connectivity index (χ4n) is 3.09. The number of fused-ring (bicyclic) bond motifs is 3. The van der Waals surface area contributed by atoms with E-state index >= 15 is 0 Å². The highest BCUT2D eigenvalue weighted by Gasteiger charge is 2.35. The van der Waals surface area contributed by atoms with Gasteiger partial charge in [0.15, 0.2) is 0 Å². The van der Waals surface area contributed by atoms with E-state index in [9.17, 15) is 0 Å². The average molecular weight is 352 g/mol. The van der Waals surface area contributed by atoms with Gasteiger partial charge < -0.3 is 11.1 Å². The molecule has 2 aliphatic rings. The van der Waals surface area contributed by atoms with E-state index < -0.39 is 0 Å². The Morgan fingerprint density at radius 2 is 1.65 bits per heavy atom. The minimum atomic E-state index is -0.162. The topological polar surface area (TPSA) is 38.0 Å². The summed E-state index contributed by atoms with van der Waals surface area (Å²) in [4.78, 5) is 0. The Kier molecular flexibility index (Phi) is 3.41. The van der Waals surface area contributed by atoms with Crippen LogP contribution in [0.1, 0.15) is 16.7 Å². The summed E-state index contributed by atoms with van der Waals surface area (Å²) in [5.74, 6) is 0. The first-order chi connectivity index (χ1) is 9.16. The SMILES string of the molecule is Cl.NC1(c2ccc3c(c2)Cc2cc(Br)ccc2-3)CNC1. The van der Waals surface area contributed by atoms with Gasteiger partial charge in [0.2, 0.25) is 0 Å². The van der Waals surface area contributed by atoms with Crippen molar-refractivity contribution in [1.29, 1.82) is 0 Å². The summed E-state index contributed by atoms with van der Waals surface area (Å²) in [5, 5.41) is 3.26. The van der Waals surface area contributed by atoms with E-state index in [1.807, 2.05) is 0 Å². The van der Waals surface area contributed by atoms with Gasteiger partial charge in [-0.1, -0.05) is 40.2 Å². The summed E-state index contributed by atoms with van der Waals surface area (Å²) in [6.45, 7) is 1.76. The first kappa shape index (κ1) is 14.1. The van der Waals surface area contributed by atoms with Crippen LogP contribution in [-0.4, -0.2) is 13.1 Å². The molecule has 0 unspecified atom stereocenters. The van der Waals surface area contributed by atoms with Crippen LogP contribution in [0, 0.1) is 0 Å². The van der Waals surface area contributed by atoms with E-state index in [0.29, 0.717) is 0 Å². The van der Waals surface area contributed by atoms with Gasteiger partial charge >= 0.3 is 0 Å². The van der Waals surface area contributed by atoms with Crippen LogP contribution in [0.15, 0.2) is 40.9 Å². The van der Waals surface area contributed by atoms with E-state index in [4.69, 9.17) is 5.73 Å². The second kappa shape index (κ2) is 4.85. The summed E-state index contributed by atoms with van der Waals surface area (Å²) in [5.41, 5.74) is 13.0. The Balaban J connectivity index is 0.00000121. The quantitative estimate of drug-likeness (QED) is 0.706. The molecule has 4 rings (SSSR count). The first-order valence-corrected chi connectivity index (χ1v) is 7.37. The molecule has 104 valence electrons. The van der Waals surface area contributed by atoms with Crippen molar-refractivity contribution in [1.82, 2.24) is 5.32 Å². The standard InChI is InChI=1S/C16H15BrN2.ClH/c17-13-2-4-15-11(7-13)5-10-6-12(1-3-14(10)15)16(18)8-19-9-16;/h1-4,6-7,19H,5,8-9,18H2;1H. The zero-order chi connectivity index (χ0) is 13.0. The van der Waals surface area contributed by atoms with E-state index in [2.05, 4.69) is 57.6 Å². The van der Waals surface area contributed by atoms with Crippen molar-refractivity contribution in [3.05, 3.63) is 57.6 Å². The zero-order valence-electron chi connectivity index (χ0n) is 10.9. The van der Waals surface area contributed by atoms with Crippen LogP contribution in [0.3, 0.4) is 0 Å². The Hall–Kier alpha value is -0.870. The molecule has 2 aromatic rings. The fraction of sp³-hybridized carbons (Fsp3) is 0.250. The van der Waals surface area contributed by atoms with Gasteiger partial charge in [0.1, 0.15) is 0 Å². The first-order valence-electron chi connectivity index (χ1n) is 6.58. The smallest absolute Gasteiger partial charge is 0.0662 e. The number of nitrogens with one attached hydrogen (secondary N) is 1. The largest absolute Gasteiger partial charge is 0.319 e. The van der Waals surface area contributed by atoms with Crippen molar-refractivity contribution in [2.75, 3.05) is 13.1 Å². The Bertz CT molecular complexity index is 680. The lowest BCUT2D eigenvalue weighted by Crippen LogP contribution is -2.62. The average Bonchev–Trinajstić information content (AvgIpc) is 2.72. The van der Waals surface area contributed by atoms with Crippen LogP contribution in [-0.2, 0) is 12.0 Å². The van der Waals surface area contributed by atoms with Gasteiger partial charge in [-0.05, 0) is 46.4 Å². The van der Waals surface area contributed by atoms with Gasteiger partial charge in [-0.2, -0.15) is 0 Å². The molecule has 3 N–H and O–H groups in total. The zero-order valence-corrected chi connectivity index (χ0v) is 13.4. The van der Waals surface area contributed by atoms with Gasteiger partial charge in [0, 0.05) is 17.6 Å². The maximum Gasteiger partial charge on any atom is 0.0662 e. The number of benzene rings is 2.